The molecule has 0 saturated heterocycles. The molecule has 0 aliphatic carbocycles. The van der Waals surface area contributed by atoms with Gasteiger partial charge in [0, 0.05) is 0 Å². The smallest absolute Gasteiger partial charge is 0.168 e. The molecule has 0 aliphatic rings. The fraction of sp³-hybridized carbons (Fsp3) is 0.143. The summed E-state index contributed by atoms with van der Waals surface area (Å²) in [5.41, 5.74) is 1.10. The molecule has 0 N–H and O–H groups in total. The molecule has 0 aromatic carbocycles. The maximum atomic E-state index is 10.1. The lowest BCUT2D eigenvalue weighted by molar-refractivity contribution is -0.104. The van der Waals surface area contributed by atoms with Gasteiger partial charge >= 0.3 is 0 Å². The van der Waals surface area contributed by atoms with Crippen molar-refractivity contribution in [3.63, 3.8) is 0 Å². The van der Waals surface area contributed by atoms with Crippen molar-refractivity contribution in [3.8, 4) is 0 Å². The van der Waals surface area contributed by atoms with Crippen LogP contribution in [0.4, 0.5) is 0 Å². The van der Waals surface area contributed by atoms with Crippen LogP contribution in [0.1, 0.15) is 6.92 Å². The molecule has 0 saturated carbocycles. The first-order valence-corrected chi connectivity index (χ1v) is 2.51. The number of aliphatic imine (C=N–C) groups is 1. The maximum Gasteiger partial charge on any atom is 0.168 e. The minimum Gasteiger partial charge on any atom is -0.296 e. The Labute approximate surface area is 54.6 Å². The number of hydrogen-bond acceptors (Lipinski definition) is 2. The van der Waals surface area contributed by atoms with Crippen molar-refractivity contribution >= 4 is 13.0 Å². The predicted molar refractivity (Wildman–Crippen MR) is 38.5 cm³/mol. The van der Waals surface area contributed by atoms with Gasteiger partial charge in [0.2, 0.25) is 0 Å². The summed E-state index contributed by atoms with van der Waals surface area (Å²) in [6.07, 6.45) is 2.22. The Morgan fingerprint density at radius 2 is 2.22 bits per heavy atom. The first kappa shape index (κ1) is 7.82. The third-order valence-electron chi connectivity index (χ3n) is 0.992. The number of rotatable bonds is 3. The summed E-state index contributed by atoms with van der Waals surface area (Å²) in [5.74, 6) is 0. The van der Waals surface area contributed by atoms with Crippen molar-refractivity contribution in [2.45, 2.75) is 6.92 Å². The van der Waals surface area contributed by atoms with Crippen LogP contribution in [0.15, 0.2) is 28.9 Å². The Hall–Kier alpha value is -1.18. The average molecular weight is 123 g/mol. The molecule has 2 nitrogen and oxygen atoms in total. The molecule has 0 spiro atoms. The number of carbonyl (C=O) groups excluding carboxylic acids is 1. The van der Waals surface area contributed by atoms with Crippen LogP contribution < -0.4 is 0 Å². The van der Waals surface area contributed by atoms with Crippen LogP contribution in [0.25, 0.3) is 0 Å². The lowest BCUT2D eigenvalue weighted by atomic mass is 10.2. The van der Waals surface area contributed by atoms with Crippen molar-refractivity contribution in [3.05, 3.63) is 23.9 Å². The quantitative estimate of drug-likeness (QED) is 0.241. The highest BCUT2D eigenvalue weighted by Gasteiger charge is 1.91. The second-order valence-corrected chi connectivity index (χ2v) is 1.55. The zero-order chi connectivity index (χ0) is 7.28. The van der Waals surface area contributed by atoms with Crippen molar-refractivity contribution in [1.29, 1.82) is 0 Å². The monoisotopic (exact) mass is 123 g/mol. The third-order valence-corrected chi connectivity index (χ3v) is 0.992. The van der Waals surface area contributed by atoms with Crippen molar-refractivity contribution in [1.82, 2.24) is 0 Å². The minimum absolute atomic E-state index is 0.352. The molecule has 0 bridgehead atoms. The molecule has 0 rings (SSSR count). The van der Waals surface area contributed by atoms with Crippen LogP contribution in [-0.4, -0.2) is 13.0 Å². The van der Waals surface area contributed by atoms with Crippen molar-refractivity contribution < 1.29 is 4.79 Å². The second kappa shape index (κ2) is 3.78. The lowest BCUT2D eigenvalue weighted by Crippen LogP contribution is -1.82. The first-order chi connectivity index (χ1) is 4.26. The Morgan fingerprint density at radius 1 is 1.67 bits per heavy atom. The molecular formula is C7H9NO. The number of allylic oxidation sites excluding steroid dienone is 3. The topological polar surface area (TPSA) is 29.4 Å². The minimum atomic E-state index is 0.352. The zero-order valence-corrected chi connectivity index (χ0v) is 5.42. The molecule has 0 radical (unpaired) electrons. The molecule has 9 heavy (non-hydrogen) atoms. The van der Waals surface area contributed by atoms with E-state index in [4.69, 9.17) is 0 Å². The maximum absolute atomic E-state index is 10.1. The highest BCUT2D eigenvalue weighted by atomic mass is 16.1. The number of hydrogen-bond donors (Lipinski definition) is 0. The highest BCUT2D eigenvalue weighted by molar-refractivity contribution is 5.76. The molecule has 0 aromatic heterocycles. The molecule has 48 valence electrons. The molecule has 0 fully saturated rings. The van der Waals surface area contributed by atoms with E-state index in [0.717, 1.165) is 5.57 Å². The summed E-state index contributed by atoms with van der Waals surface area (Å²) in [6, 6.07) is 0. The van der Waals surface area contributed by atoms with E-state index >= 15 is 0 Å². The van der Waals surface area contributed by atoms with E-state index in [1.165, 1.54) is 0 Å². The fourth-order valence-corrected chi connectivity index (χ4v) is 0.359. The van der Waals surface area contributed by atoms with E-state index in [1.54, 1.807) is 13.0 Å². The Balaban J connectivity index is 4.56. The summed E-state index contributed by atoms with van der Waals surface area (Å²) in [7, 11) is 0. The molecule has 2 heteroatoms. The van der Waals surface area contributed by atoms with E-state index in [9.17, 15) is 4.79 Å². The van der Waals surface area contributed by atoms with Gasteiger partial charge in [-0.15, -0.1) is 0 Å². The van der Waals surface area contributed by atoms with Gasteiger partial charge in [0.1, 0.15) is 5.70 Å². The van der Waals surface area contributed by atoms with Gasteiger partial charge < -0.3 is 0 Å². The summed E-state index contributed by atoms with van der Waals surface area (Å²) in [5, 5.41) is 0. The fourth-order valence-electron chi connectivity index (χ4n) is 0.359. The standard InChI is InChI=1S/C7H9NO/c1-4-6(2)7(5-9)8-3/h4-5H,1,3H2,2H3/b7-6-. The van der Waals surface area contributed by atoms with Gasteiger partial charge in [-0.05, 0) is 19.2 Å². The molecule has 0 aromatic rings. The van der Waals surface area contributed by atoms with E-state index in [0.29, 0.717) is 12.0 Å². The van der Waals surface area contributed by atoms with Crippen LogP contribution in [0.5, 0.6) is 0 Å². The SMILES string of the molecule is C=C/C(C)=C(/C=O)N=C. The van der Waals surface area contributed by atoms with Crippen molar-refractivity contribution in [2.75, 3.05) is 0 Å². The van der Waals surface area contributed by atoms with Crippen LogP contribution in [0.2, 0.25) is 0 Å². The summed E-state index contributed by atoms with van der Waals surface area (Å²) >= 11 is 0. The van der Waals surface area contributed by atoms with Gasteiger partial charge in [-0.2, -0.15) is 0 Å². The lowest BCUT2D eigenvalue weighted by Gasteiger charge is -1.90. The van der Waals surface area contributed by atoms with Gasteiger partial charge in [0.05, 0.1) is 0 Å². The second-order valence-electron chi connectivity index (χ2n) is 1.55. The van der Waals surface area contributed by atoms with Gasteiger partial charge in [0.15, 0.2) is 6.29 Å². The van der Waals surface area contributed by atoms with E-state index < -0.39 is 0 Å². The normalized spacial score (nSPS) is 11.7. The Bertz CT molecular complexity index is 158. The molecule has 0 heterocycles. The summed E-state index contributed by atoms with van der Waals surface area (Å²) in [6.45, 7) is 8.44. The molecule has 0 aliphatic heterocycles. The van der Waals surface area contributed by atoms with Gasteiger partial charge in [0.25, 0.3) is 0 Å². The number of carbonyl (C=O) groups is 1. The van der Waals surface area contributed by atoms with Crippen molar-refractivity contribution in [2.24, 2.45) is 4.99 Å². The zero-order valence-electron chi connectivity index (χ0n) is 5.42. The Kier molecular flexibility index (Phi) is 3.28. The van der Waals surface area contributed by atoms with E-state index in [1.807, 2.05) is 0 Å². The van der Waals surface area contributed by atoms with Gasteiger partial charge in [-0.1, -0.05) is 12.7 Å². The number of nitrogens with zero attached hydrogens (tertiary/aromatic N) is 1. The summed E-state index contributed by atoms with van der Waals surface area (Å²) < 4.78 is 0. The van der Waals surface area contributed by atoms with Crippen LogP contribution in [0.3, 0.4) is 0 Å². The van der Waals surface area contributed by atoms with Gasteiger partial charge in [-0.25, -0.2) is 0 Å². The van der Waals surface area contributed by atoms with Crippen LogP contribution in [-0.2, 0) is 4.79 Å². The highest BCUT2D eigenvalue weighted by Crippen LogP contribution is 2.01. The molecule has 0 amide bonds. The average Bonchev–Trinajstić information content (AvgIpc) is 1.90. The molecule has 0 unspecified atom stereocenters. The van der Waals surface area contributed by atoms with Crippen LogP contribution in [0, 0.1) is 0 Å². The van der Waals surface area contributed by atoms with Crippen LogP contribution >= 0.6 is 0 Å². The molecule has 0 atom stereocenters. The first-order valence-electron chi connectivity index (χ1n) is 2.51. The molecular weight excluding hydrogens is 114 g/mol. The predicted octanol–water partition coefficient (Wildman–Crippen LogP) is 1.35. The van der Waals surface area contributed by atoms with E-state index in [2.05, 4.69) is 18.3 Å². The van der Waals surface area contributed by atoms with E-state index in [-0.39, 0.29) is 0 Å². The number of aldehydes is 1. The third kappa shape index (κ3) is 2.04. The Morgan fingerprint density at radius 3 is 2.33 bits per heavy atom. The summed E-state index contributed by atoms with van der Waals surface area (Å²) in [4.78, 5) is 13.6. The van der Waals surface area contributed by atoms with Gasteiger partial charge in [-0.3, -0.25) is 9.79 Å². The largest absolute Gasteiger partial charge is 0.296 e.